The first kappa shape index (κ1) is 21.0. The molecule has 29 heavy (non-hydrogen) atoms. The summed E-state index contributed by atoms with van der Waals surface area (Å²) in [5.74, 6) is 2.87. The molecule has 2 N–H and O–H groups in total. The van der Waals surface area contributed by atoms with Crippen LogP contribution in [-0.4, -0.2) is 31.4 Å². The van der Waals surface area contributed by atoms with Gasteiger partial charge in [-0.1, -0.05) is 35.5 Å². The molecule has 4 rings (SSSR count). The molecule has 7 nitrogen and oxygen atoms in total. The van der Waals surface area contributed by atoms with Crippen molar-refractivity contribution in [2.24, 2.45) is 4.99 Å². The van der Waals surface area contributed by atoms with Crippen LogP contribution in [0.1, 0.15) is 12.1 Å². The molecule has 152 valence electrons. The van der Waals surface area contributed by atoms with E-state index in [1.165, 1.54) is 0 Å². The Bertz CT molecular complexity index is 960. The summed E-state index contributed by atoms with van der Waals surface area (Å²) in [6.07, 6.45) is 0.878. The highest BCUT2D eigenvalue weighted by molar-refractivity contribution is 14.0. The van der Waals surface area contributed by atoms with Crippen molar-refractivity contribution >= 4 is 35.6 Å². The van der Waals surface area contributed by atoms with Crippen LogP contribution in [0.4, 0.5) is 5.69 Å². The molecule has 0 aliphatic carbocycles. The lowest BCUT2D eigenvalue weighted by Gasteiger charge is -2.13. The summed E-state index contributed by atoms with van der Waals surface area (Å²) in [5, 5.41) is 10.6. The number of nitrogens with one attached hydrogen (secondary N) is 2. The minimum Gasteiger partial charge on any atom is -0.490 e. The second-order valence-electron chi connectivity index (χ2n) is 6.31. The number of halogens is 1. The third-order valence-electron chi connectivity index (χ3n) is 4.29. The zero-order chi connectivity index (χ0) is 19.2. The fourth-order valence-electron chi connectivity index (χ4n) is 2.86. The second kappa shape index (κ2) is 10.1. The fourth-order valence-corrected chi connectivity index (χ4v) is 2.86. The van der Waals surface area contributed by atoms with Gasteiger partial charge in [0, 0.05) is 36.9 Å². The molecule has 0 saturated heterocycles. The SMILES string of the molecule is CN=C(NCc1cc(-c2ccccc2)on1)Nc1ccc2c(c1)OCCCO2.I. The first-order valence-corrected chi connectivity index (χ1v) is 9.20. The number of ether oxygens (including phenoxy) is 2. The number of hydrogen-bond acceptors (Lipinski definition) is 5. The van der Waals surface area contributed by atoms with E-state index in [1.54, 1.807) is 7.05 Å². The predicted molar refractivity (Wildman–Crippen MR) is 123 cm³/mol. The lowest BCUT2D eigenvalue weighted by molar-refractivity contribution is 0.297. The van der Waals surface area contributed by atoms with E-state index in [1.807, 2.05) is 54.6 Å². The lowest BCUT2D eigenvalue weighted by Crippen LogP contribution is -2.30. The van der Waals surface area contributed by atoms with Crippen molar-refractivity contribution in [2.45, 2.75) is 13.0 Å². The third kappa shape index (κ3) is 5.41. The van der Waals surface area contributed by atoms with Crippen LogP contribution in [0, 0.1) is 0 Å². The summed E-state index contributed by atoms with van der Waals surface area (Å²) in [7, 11) is 1.72. The van der Waals surface area contributed by atoms with Gasteiger partial charge in [-0.15, -0.1) is 24.0 Å². The van der Waals surface area contributed by atoms with Gasteiger partial charge in [0.1, 0.15) is 5.69 Å². The average Bonchev–Trinajstić information content (AvgIpc) is 3.09. The van der Waals surface area contributed by atoms with Crippen LogP contribution in [0.3, 0.4) is 0 Å². The summed E-state index contributed by atoms with van der Waals surface area (Å²) in [6.45, 7) is 1.81. The Hall–Kier alpha value is -2.75. The van der Waals surface area contributed by atoms with Crippen molar-refractivity contribution in [3.8, 4) is 22.8 Å². The number of rotatable bonds is 4. The van der Waals surface area contributed by atoms with Gasteiger partial charge in [-0.05, 0) is 12.1 Å². The van der Waals surface area contributed by atoms with Crippen molar-refractivity contribution in [1.82, 2.24) is 10.5 Å². The van der Waals surface area contributed by atoms with Crippen LogP contribution in [0.25, 0.3) is 11.3 Å². The zero-order valence-corrected chi connectivity index (χ0v) is 18.4. The maximum absolute atomic E-state index is 5.73. The standard InChI is InChI=1S/C21H22N4O3.HI/c1-22-21(24-16-8-9-18-20(12-16)27-11-5-10-26-18)23-14-17-13-19(28-25-17)15-6-3-2-4-7-15;/h2-4,6-9,12-13H,5,10-11,14H2,1H3,(H2,22,23,24);1H. The first-order valence-electron chi connectivity index (χ1n) is 9.20. The quantitative estimate of drug-likeness (QED) is 0.312. The van der Waals surface area contributed by atoms with Gasteiger partial charge in [-0.2, -0.15) is 0 Å². The minimum absolute atomic E-state index is 0. The van der Waals surface area contributed by atoms with Crippen molar-refractivity contribution in [1.29, 1.82) is 0 Å². The molecule has 0 unspecified atom stereocenters. The highest BCUT2D eigenvalue weighted by atomic mass is 127. The van der Waals surface area contributed by atoms with Crippen molar-refractivity contribution in [3.63, 3.8) is 0 Å². The molecule has 3 aromatic rings. The molecule has 1 aliphatic rings. The van der Waals surface area contributed by atoms with E-state index in [-0.39, 0.29) is 24.0 Å². The number of aromatic nitrogens is 1. The number of benzene rings is 2. The molecule has 0 amide bonds. The summed E-state index contributed by atoms with van der Waals surface area (Å²) in [4.78, 5) is 4.26. The number of nitrogens with zero attached hydrogens (tertiary/aromatic N) is 2. The van der Waals surface area contributed by atoms with Gasteiger partial charge in [0.2, 0.25) is 0 Å². The molecule has 1 aromatic heterocycles. The third-order valence-corrected chi connectivity index (χ3v) is 4.29. The Kier molecular flexibility index (Phi) is 7.34. The molecule has 8 heteroatoms. The Morgan fingerprint density at radius 2 is 1.83 bits per heavy atom. The first-order chi connectivity index (χ1) is 13.8. The smallest absolute Gasteiger partial charge is 0.195 e. The highest BCUT2D eigenvalue weighted by Crippen LogP contribution is 2.32. The number of hydrogen-bond donors (Lipinski definition) is 2. The lowest BCUT2D eigenvalue weighted by atomic mass is 10.2. The van der Waals surface area contributed by atoms with Crippen molar-refractivity contribution in [3.05, 3.63) is 60.3 Å². The number of guanidine groups is 1. The van der Waals surface area contributed by atoms with Gasteiger partial charge in [-0.25, -0.2) is 0 Å². The summed E-state index contributed by atoms with van der Waals surface area (Å²) < 4.78 is 16.8. The van der Waals surface area contributed by atoms with Crippen LogP contribution < -0.4 is 20.1 Å². The van der Waals surface area contributed by atoms with E-state index >= 15 is 0 Å². The van der Waals surface area contributed by atoms with E-state index in [2.05, 4.69) is 20.8 Å². The van der Waals surface area contributed by atoms with E-state index in [0.717, 1.165) is 40.6 Å². The molecule has 0 fully saturated rings. The van der Waals surface area contributed by atoms with Crippen LogP contribution >= 0.6 is 24.0 Å². The van der Waals surface area contributed by atoms with Crippen molar-refractivity contribution in [2.75, 3.05) is 25.6 Å². The number of aliphatic imine (C=N–C) groups is 1. The average molecular weight is 506 g/mol. The van der Waals surface area contributed by atoms with Crippen LogP contribution in [0.15, 0.2) is 64.1 Å². The fraction of sp³-hybridized carbons (Fsp3) is 0.238. The highest BCUT2D eigenvalue weighted by Gasteiger charge is 2.12. The normalized spacial score (nSPS) is 13.2. The maximum Gasteiger partial charge on any atom is 0.195 e. The van der Waals surface area contributed by atoms with Crippen LogP contribution in [0.2, 0.25) is 0 Å². The molecule has 0 bridgehead atoms. The predicted octanol–water partition coefficient (Wildman–Crippen LogP) is 4.31. The van der Waals surface area contributed by atoms with Gasteiger partial charge in [0.05, 0.1) is 19.8 Å². The Labute approximate surface area is 186 Å². The molecule has 2 aromatic carbocycles. The van der Waals surface area contributed by atoms with Gasteiger partial charge in [-0.3, -0.25) is 4.99 Å². The molecule has 0 saturated carbocycles. The number of fused-ring (bicyclic) bond motifs is 1. The van der Waals surface area contributed by atoms with Crippen LogP contribution in [-0.2, 0) is 6.54 Å². The minimum atomic E-state index is 0. The Morgan fingerprint density at radius 3 is 2.62 bits per heavy atom. The molecular weight excluding hydrogens is 483 g/mol. The molecule has 0 radical (unpaired) electrons. The maximum atomic E-state index is 5.73. The van der Waals surface area contributed by atoms with E-state index in [4.69, 9.17) is 14.0 Å². The molecular formula is C21H23IN4O3. The van der Waals surface area contributed by atoms with Gasteiger partial charge >= 0.3 is 0 Å². The van der Waals surface area contributed by atoms with E-state index < -0.39 is 0 Å². The monoisotopic (exact) mass is 506 g/mol. The van der Waals surface area contributed by atoms with Crippen LogP contribution in [0.5, 0.6) is 11.5 Å². The largest absolute Gasteiger partial charge is 0.490 e. The van der Waals surface area contributed by atoms with E-state index in [0.29, 0.717) is 25.7 Å². The Morgan fingerprint density at radius 1 is 1.03 bits per heavy atom. The second-order valence-corrected chi connectivity index (χ2v) is 6.31. The summed E-state index contributed by atoms with van der Waals surface area (Å²) in [6, 6.07) is 17.6. The van der Waals surface area contributed by atoms with Gasteiger partial charge in [0.15, 0.2) is 23.2 Å². The topological polar surface area (TPSA) is 80.9 Å². The van der Waals surface area contributed by atoms with E-state index in [9.17, 15) is 0 Å². The zero-order valence-electron chi connectivity index (χ0n) is 16.1. The molecule has 1 aliphatic heterocycles. The summed E-state index contributed by atoms with van der Waals surface area (Å²) in [5.41, 5.74) is 2.65. The molecule has 0 atom stereocenters. The Balaban J connectivity index is 0.00000240. The summed E-state index contributed by atoms with van der Waals surface area (Å²) >= 11 is 0. The van der Waals surface area contributed by atoms with Gasteiger partial charge in [0.25, 0.3) is 0 Å². The van der Waals surface area contributed by atoms with Gasteiger partial charge < -0.3 is 24.6 Å². The van der Waals surface area contributed by atoms with Crippen molar-refractivity contribution < 1.29 is 14.0 Å². The number of anilines is 1. The molecule has 2 heterocycles. The molecule has 0 spiro atoms.